The first kappa shape index (κ1) is 12.9. The Balaban J connectivity index is 1.56. The maximum atomic E-state index is 5.63. The van der Waals surface area contributed by atoms with E-state index in [9.17, 15) is 0 Å². The molecule has 5 heteroatoms. The number of allylic oxidation sites excluding steroid dienone is 2. The average Bonchev–Trinajstić information content (AvgIpc) is 2.67. The van der Waals surface area contributed by atoms with Crippen LogP contribution in [0.5, 0.6) is 0 Å². The summed E-state index contributed by atoms with van der Waals surface area (Å²) in [5.74, 6) is 2.11. The molecule has 4 nitrogen and oxygen atoms in total. The minimum Gasteiger partial charge on any atom is -0.376 e. The van der Waals surface area contributed by atoms with Crippen molar-refractivity contribution in [2.75, 3.05) is 0 Å². The molecule has 3 aliphatic carbocycles. The largest absolute Gasteiger partial charge is 0.376 e. The SMILES string of the molecule is CC1(C)C2CCC(ON=NC3=NSC=CC=C3)C1C2. The van der Waals surface area contributed by atoms with Gasteiger partial charge in [0.1, 0.15) is 6.10 Å². The minimum atomic E-state index is 0.227. The van der Waals surface area contributed by atoms with Crippen molar-refractivity contribution >= 4 is 17.8 Å². The second kappa shape index (κ2) is 5.12. The molecule has 19 heavy (non-hydrogen) atoms. The normalized spacial score (nSPS) is 35.7. The molecule has 2 bridgehead atoms. The number of fused-ring (bicyclic) bond motifs is 2. The molecular weight excluding hydrogens is 258 g/mol. The van der Waals surface area contributed by atoms with Crippen LogP contribution in [0, 0.1) is 17.3 Å². The summed E-state index contributed by atoms with van der Waals surface area (Å²) in [5, 5.41) is 9.85. The van der Waals surface area contributed by atoms with E-state index >= 15 is 0 Å². The Kier molecular flexibility index (Phi) is 3.48. The van der Waals surface area contributed by atoms with Crippen LogP contribution < -0.4 is 0 Å². The summed E-state index contributed by atoms with van der Waals surface area (Å²) in [6, 6.07) is 0. The summed E-state index contributed by atoms with van der Waals surface area (Å²) < 4.78 is 4.18. The summed E-state index contributed by atoms with van der Waals surface area (Å²) in [6.07, 6.45) is 9.53. The number of nitrogens with zero attached hydrogens (tertiary/aromatic N) is 3. The fourth-order valence-electron chi connectivity index (χ4n) is 3.38. The van der Waals surface area contributed by atoms with Gasteiger partial charge in [0.05, 0.1) is 0 Å². The molecule has 1 heterocycles. The lowest BCUT2D eigenvalue weighted by Gasteiger charge is -2.58. The smallest absolute Gasteiger partial charge is 0.185 e. The van der Waals surface area contributed by atoms with Gasteiger partial charge in [-0.3, -0.25) is 0 Å². The molecule has 4 aliphatic rings. The van der Waals surface area contributed by atoms with E-state index in [0.29, 0.717) is 17.2 Å². The van der Waals surface area contributed by atoms with E-state index in [1.807, 2.05) is 23.6 Å². The second-order valence-corrected chi connectivity index (χ2v) is 6.67. The Bertz CT molecular complexity index is 465. The number of rotatable bonds is 2. The van der Waals surface area contributed by atoms with Gasteiger partial charge in [-0.15, -0.1) is 0 Å². The van der Waals surface area contributed by atoms with Gasteiger partial charge in [-0.1, -0.05) is 31.1 Å². The molecule has 3 fully saturated rings. The Hall–Kier alpha value is -1.10. The van der Waals surface area contributed by atoms with E-state index < -0.39 is 0 Å². The molecule has 3 atom stereocenters. The van der Waals surface area contributed by atoms with Gasteiger partial charge in [-0.05, 0) is 42.1 Å². The molecule has 4 rings (SSSR count). The topological polar surface area (TPSA) is 46.3 Å². The van der Waals surface area contributed by atoms with Crippen LogP contribution >= 0.6 is 11.9 Å². The fourth-order valence-corrected chi connectivity index (χ4v) is 3.81. The molecular formula is C14H19N3OS. The van der Waals surface area contributed by atoms with Crippen molar-refractivity contribution in [1.82, 2.24) is 0 Å². The third-order valence-electron chi connectivity index (χ3n) is 4.76. The van der Waals surface area contributed by atoms with E-state index in [2.05, 4.69) is 28.6 Å². The van der Waals surface area contributed by atoms with Gasteiger partial charge in [0.15, 0.2) is 5.84 Å². The lowest BCUT2D eigenvalue weighted by molar-refractivity contribution is -0.165. The van der Waals surface area contributed by atoms with E-state index in [1.54, 1.807) is 0 Å². The highest BCUT2D eigenvalue weighted by Gasteiger charge is 2.55. The molecule has 102 valence electrons. The lowest BCUT2D eigenvalue weighted by Crippen LogP contribution is -2.55. The van der Waals surface area contributed by atoms with Crippen LogP contribution in [-0.2, 0) is 4.84 Å². The quantitative estimate of drug-likeness (QED) is 0.428. The molecule has 0 amide bonds. The summed E-state index contributed by atoms with van der Waals surface area (Å²) in [6.45, 7) is 4.69. The zero-order valence-corrected chi connectivity index (χ0v) is 12.1. The first-order chi connectivity index (χ1) is 9.18. The predicted molar refractivity (Wildman–Crippen MR) is 77.6 cm³/mol. The molecule has 0 spiro atoms. The molecule has 0 radical (unpaired) electrons. The molecule has 3 saturated carbocycles. The van der Waals surface area contributed by atoms with Crippen LogP contribution in [0.1, 0.15) is 33.1 Å². The van der Waals surface area contributed by atoms with Gasteiger partial charge < -0.3 is 4.84 Å². The summed E-state index contributed by atoms with van der Waals surface area (Å²) in [4.78, 5) is 5.63. The van der Waals surface area contributed by atoms with Crippen molar-refractivity contribution < 1.29 is 4.84 Å². The minimum absolute atomic E-state index is 0.227. The third-order valence-corrected chi connectivity index (χ3v) is 5.33. The van der Waals surface area contributed by atoms with Crippen molar-refractivity contribution in [3.63, 3.8) is 0 Å². The maximum Gasteiger partial charge on any atom is 0.185 e. The fraction of sp³-hybridized carbons (Fsp3) is 0.643. The van der Waals surface area contributed by atoms with E-state index in [1.165, 1.54) is 24.8 Å². The van der Waals surface area contributed by atoms with Gasteiger partial charge in [0.2, 0.25) is 0 Å². The van der Waals surface area contributed by atoms with Crippen LogP contribution in [0.2, 0.25) is 0 Å². The monoisotopic (exact) mass is 277 g/mol. The zero-order valence-electron chi connectivity index (χ0n) is 11.3. The highest BCUT2D eigenvalue weighted by atomic mass is 32.2. The van der Waals surface area contributed by atoms with Crippen LogP contribution in [0.15, 0.2) is 38.4 Å². The van der Waals surface area contributed by atoms with Gasteiger partial charge in [-0.2, -0.15) is 4.40 Å². The molecule has 1 aliphatic heterocycles. The Morgan fingerprint density at radius 1 is 1.37 bits per heavy atom. The molecule has 0 N–H and O–H groups in total. The van der Waals surface area contributed by atoms with Crippen molar-refractivity contribution in [3.8, 4) is 0 Å². The summed E-state index contributed by atoms with van der Waals surface area (Å²) in [5.41, 5.74) is 0.415. The molecule has 0 aromatic carbocycles. The lowest BCUT2D eigenvalue weighted by atomic mass is 9.48. The van der Waals surface area contributed by atoms with E-state index in [0.717, 1.165) is 12.3 Å². The Labute approximate surface area is 118 Å². The van der Waals surface area contributed by atoms with Crippen molar-refractivity contribution in [3.05, 3.63) is 23.6 Å². The highest BCUT2D eigenvalue weighted by Crippen LogP contribution is 2.59. The van der Waals surface area contributed by atoms with Crippen LogP contribution in [0.3, 0.4) is 0 Å². The first-order valence-electron chi connectivity index (χ1n) is 6.82. The molecule has 0 aromatic rings. The first-order valence-corrected chi connectivity index (χ1v) is 7.65. The summed E-state index contributed by atoms with van der Waals surface area (Å²) >= 11 is 1.35. The van der Waals surface area contributed by atoms with Crippen LogP contribution in [0.25, 0.3) is 0 Å². The highest BCUT2D eigenvalue weighted by molar-refractivity contribution is 8.01. The van der Waals surface area contributed by atoms with Gasteiger partial charge in [0.25, 0.3) is 0 Å². The zero-order chi connectivity index (χ0) is 13.3. The van der Waals surface area contributed by atoms with Crippen LogP contribution in [-0.4, -0.2) is 11.9 Å². The van der Waals surface area contributed by atoms with E-state index in [-0.39, 0.29) is 6.10 Å². The van der Waals surface area contributed by atoms with Gasteiger partial charge in [-0.25, -0.2) is 0 Å². The molecule has 0 aromatic heterocycles. The van der Waals surface area contributed by atoms with Crippen molar-refractivity contribution in [2.45, 2.75) is 39.2 Å². The number of hydrogen-bond donors (Lipinski definition) is 0. The van der Waals surface area contributed by atoms with Crippen molar-refractivity contribution in [1.29, 1.82) is 0 Å². The third kappa shape index (κ3) is 2.48. The van der Waals surface area contributed by atoms with E-state index in [4.69, 9.17) is 4.84 Å². The molecule has 3 unspecified atom stereocenters. The number of hydrogen-bond acceptors (Lipinski definition) is 5. The second-order valence-electron chi connectivity index (χ2n) is 6.01. The van der Waals surface area contributed by atoms with Gasteiger partial charge >= 0.3 is 0 Å². The Morgan fingerprint density at radius 3 is 3.05 bits per heavy atom. The average molecular weight is 277 g/mol. The van der Waals surface area contributed by atoms with Crippen molar-refractivity contribution in [2.24, 2.45) is 32.0 Å². The van der Waals surface area contributed by atoms with Crippen LogP contribution in [0.4, 0.5) is 0 Å². The summed E-state index contributed by atoms with van der Waals surface area (Å²) in [7, 11) is 0. The maximum absolute atomic E-state index is 5.63. The molecule has 0 saturated heterocycles. The number of amidine groups is 1. The standard InChI is InChI=1S/C14H19N3OS/c1-14(2)10-6-7-12(11(14)9-10)18-17-15-13-5-3-4-8-19-16-13/h3-5,8,10-12H,6-7,9H2,1-2H3. The van der Waals surface area contributed by atoms with Gasteiger partial charge in [0, 0.05) is 23.1 Å². The predicted octanol–water partition coefficient (Wildman–Crippen LogP) is 4.33. The Morgan fingerprint density at radius 2 is 2.26 bits per heavy atom.